The quantitative estimate of drug-likeness (QED) is 0.834. The van der Waals surface area contributed by atoms with Gasteiger partial charge in [0.2, 0.25) is 10.0 Å². The lowest BCUT2D eigenvalue weighted by Crippen LogP contribution is -2.34. The van der Waals surface area contributed by atoms with E-state index in [4.69, 9.17) is 4.74 Å². The molecule has 1 unspecified atom stereocenters. The molecule has 0 saturated carbocycles. The zero-order valence-corrected chi connectivity index (χ0v) is 14.8. The Labute approximate surface area is 141 Å². The first-order chi connectivity index (χ1) is 11.1. The van der Waals surface area contributed by atoms with E-state index in [0.717, 1.165) is 30.6 Å². The molecule has 0 N–H and O–H groups in total. The summed E-state index contributed by atoms with van der Waals surface area (Å²) in [5.41, 5.74) is 0. The van der Waals surface area contributed by atoms with E-state index in [9.17, 15) is 8.42 Å². The molecule has 0 bridgehead atoms. The van der Waals surface area contributed by atoms with E-state index in [1.807, 2.05) is 17.5 Å². The van der Waals surface area contributed by atoms with E-state index in [1.165, 1.54) is 0 Å². The zero-order chi connectivity index (χ0) is 16.3. The van der Waals surface area contributed by atoms with E-state index in [1.54, 1.807) is 47.0 Å². The normalized spacial score (nSPS) is 20.1. The number of thiophene rings is 1. The summed E-state index contributed by atoms with van der Waals surface area (Å²) >= 11 is 1.63. The smallest absolute Gasteiger partial charge is 0.243 e. The van der Waals surface area contributed by atoms with Gasteiger partial charge in [-0.05, 0) is 48.6 Å². The monoisotopic (exact) mass is 351 g/mol. The Kier molecular flexibility index (Phi) is 5.04. The molecule has 4 nitrogen and oxygen atoms in total. The van der Waals surface area contributed by atoms with Gasteiger partial charge >= 0.3 is 0 Å². The van der Waals surface area contributed by atoms with Crippen LogP contribution in [-0.2, 0) is 10.0 Å². The van der Waals surface area contributed by atoms with E-state index in [0.29, 0.717) is 17.2 Å². The lowest BCUT2D eigenvalue weighted by Gasteiger charge is -2.28. The number of rotatable bonds is 4. The van der Waals surface area contributed by atoms with Gasteiger partial charge in [0.1, 0.15) is 5.75 Å². The fraction of sp³-hybridized carbons (Fsp3) is 0.412. The summed E-state index contributed by atoms with van der Waals surface area (Å²) in [6.45, 7) is 0.580. The van der Waals surface area contributed by atoms with Crippen LogP contribution in [0.15, 0.2) is 46.7 Å². The fourth-order valence-electron chi connectivity index (χ4n) is 3.02. The van der Waals surface area contributed by atoms with Crippen LogP contribution < -0.4 is 4.74 Å². The van der Waals surface area contributed by atoms with Crippen molar-refractivity contribution < 1.29 is 13.2 Å². The van der Waals surface area contributed by atoms with Gasteiger partial charge in [0.05, 0.1) is 18.0 Å². The maximum Gasteiger partial charge on any atom is 0.243 e. The molecule has 1 aromatic heterocycles. The average Bonchev–Trinajstić information content (AvgIpc) is 2.98. The first-order valence-electron chi connectivity index (χ1n) is 7.82. The molecule has 1 saturated heterocycles. The first kappa shape index (κ1) is 16.5. The molecule has 0 amide bonds. The Morgan fingerprint density at radius 1 is 1.13 bits per heavy atom. The Bertz CT molecular complexity index is 724. The number of methoxy groups -OCH3 is 1. The number of nitrogens with zero attached hydrogens (tertiary/aromatic N) is 1. The van der Waals surface area contributed by atoms with Gasteiger partial charge in [-0.25, -0.2) is 8.42 Å². The molecule has 1 aliphatic heterocycles. The number of hydrogen-bond donors (Lipinski definition) is 0. The molecule has 3 rings (SSSR count). The van der Waals surface area contributed by atoms with Crippen LogP contribution in [0.25, 0.3) is 0 Å². The van der Waals surface area contributed by atoms with Crippen LogP contribution in [-0.4, -0.2) is 26.4 Å². The van der Waals surface area contributed by atoms with Gasteiger partial charge in [-0.2, -0.15) is 4.31 Å². The van der Waals surface area contributed by atoms with Crippen molar-refractivity contribution in [3.8, 4) is 5.75 Å². The van der Waals surface area contributed by atoms with Gasteiger partial charge in [0.25, 0.3) is 0 Å². The molecule has 0 radical (unpaired) electrons. The minimum atomic E-state index is -3.50. The molecule has 1 atom stereocenters. The molecule has 6 heteroatoms. The molecule has 0 spiro atoms. The van der Waals surface area contributed by atoms with Crippen LogP contribution >= 0.6 is 11.3 Å². The predicted octanol–water partition coefficient (Wildman–Crippen LogP) is 4.06. The molecule has 0 aliphatic carbocycles. The van der Waals surface area contributed by atoms with Crippen LogP contribution in [0.1, 0.15) is 36.6 Å². The Balaban J connectivity index is 1.97. The maximum absolute atomic E-state index is 13.1. The van der Waals surface area contributed by atoms with Gasteiger partial charge in [-0.1, -0.05) is 18.9 Å². The minimum Gasteiger partial charge on any atom is -0.497 e. The van der Waals surface area contributed by atoms with Gasteiger partial charge in [-0.15, -0.1) is 11.3 Å². The highest BCUT2D eigenvalue weighted by Gasteiger charge is 2.33. The molecule has 2 aromatic rings. The predicted molar refractivity (Wildman–Crippen MR) is 92.4 cm³/mol. The van der Waals surface area contributed by atoms with Crippen LogP contribution in [0.2, 0.25) is 0 Å². The summed E-state index contributed by atoms with van der Waals surface area (Å²) in [5.74, 6) is 0.662. The lowest BCUT2D eigenvalue weighted by molar-refractivity contribution is 0.333. The second-order valence-electron chi connectivity index (χ2n) is 5.67. The van der Waals surface area contributed by atoms with Crippen molar-refractivity contribution in [3.05, 3.63) is 46.7 Å². The summed E-state index contributed by atoms with van der Waals surface area (Å²) in [7, 11) is -1.93. The first-order valence-corrected chi connectivity index (χ1v) is 10.1. The Morgan fingerprint density at radius 2 is 1.91 bits per heavy atom. The third-order valence-corrected chi connectivity index (χ3v) is 7.14. The van der Waals surface area contributed by atoms with Gasteiger partial charge in [0.15, 0.2) is 0 Å². The van der Waals surface area contributed by atoms with Gasteiger partial charge < -0.3 is 4.74 Å². The third kappa shape index (κ3) is 3.44. The number of ether oxygens (including phenoxy) is 1. The molecular weight excluding hydrogens is 330 g/mol. The number of sulfonamides is 1. The SMILES string of the molecule is COc1ccc(S(=O)(=O)N2CCCCCC2c2cccs2)cc1. The summed E-state index contributed by atoms with van der Waals surface area (Å²) in [6.07, 6.45) is 3.95. The molecule has 2 heterocycles. The number of hydrogen-bond acceptors (Lipinski definition) is 4. The molecular formula is C17H21NO3S2. The highest BCUT2D eigenvalue weighted by molar-refractivity contribution is 7.89. The van der Waals surface area contributed by atoms with E-state index in [2.05, 4.69) is 0 Å². The van der Waals surface area contributed by atoms with Gasteiger partial charge in [-0.3, -0.25) is 0 Å². The fourth-order valence-corrected chi connectivity index (χ4v) is 5.63. The molecule has 1 fully saturated rings. The second kappa shape index (κ2) is 7.03. The standard InChI is InChI=1S/C17H21NO3S2/c1-21-14-8-10-15(11-9-14)23(19,20)18-12-4-2-3-6-16(18)17-7-5-13-22-17/h5,7-11,13,16H,2-4,6,12H2,1H3. The van der Waals surface area contributed by atoms with Crippen molar-refractivity contribution in [3.63, 3.8) is 0 Å². The van der Waals surface area contributed by atoms with Crippen molar-refractivity contribution in [2.75, 3.05) is 13.7 Å². The molecule has 1 aromatic carbocycles. The van der Waals surface area contributed by atoms with Crippen LogP contribution in [0.3, 0.4) is 0 Å². The van der Waals surface area contributed by atoms with Gasteiger partial charge in [0, 0.05) is 11.4 Å². The summed E-state index contributed by atoms with van der Waals surface area (Å²) in [4.78, 5) is 1.46. The number of benzene rings is 1. The van der Waals surface area contributed by atoms with Crippen molar-refractivity contribution in [1.29, 1.82) is 0 Å². The molecule has 1 aliphatic rings. The average molecular weight is 351 g/mol. The highest BCUT2D eigenvalue weighted by Crippen LogP contribution is 2.36. The highest BCUT2D eigenvalue weighted by atomic mass is 32.2. The summed E-state index contributed by atoms with van der Waals surface area (Å²) in [5, 5.41) is 2.01. The molecule has 124 valence electrons. The van der Waals surface area contributed by atoms with Crippen molar-refractivity contribution in [2.45, 2.75) is 36.6 Å². The van der Waals surface area contributed by atoms with Crippen LogP contribution in [0.5, 0.6) is 5.75 Å². The van der Waals surface area contributed by atoms with Crippen LogP contribution in [0.4, 0.5) is 0 Å². The summed E-state index contributed by atoms with van der Waals surface area (Å²) < 4.78 is 33.1. The summed E-state index contributed by atoms with van der Waals surface area (Å²) in [6, 6.07) is 10.6. The molecule has 23 heavy (non-hydrogen) atoms. The van der Waals surface area contributed by atoms with E-state index < -0.39 is 10.0 Å². The second-order valence-corrected chi connectivity index (χ2v) is 8.54. The minimum absolute atomic E-state index is 0.0513. The third-order valence-electron chi connectivity index (χ3n) is 4.24. The topological polar surface area (TPSA) is 46.6 Å². The lowest BCUT2D eigenvalue weighted by atomic mass is 10.1. The Hall–Kier alpha value is -1.37. The van der Waals surface area contributed by atoms with E-state index in [-0.39, 0.29) is 6.04 Å². The van der Waals surface area contributed by atoms with Crippen molar-refractivity contribution in [1.82, 2.24) is 4.31 Å². The van der Waals surface area contributed by atoms with Crippen LogP contribution in [0, 0.1) is 0 Å². The van der Waals surface area contributed by atoms with Crippen molar-refractivity contribution in [2.24, 2.45) is 0 Å². The van der Waals surface area contributed by atoms with E-state index >= 15 is 0 Å². The zero-order valence-electron chi connectivity index (χ0n) is 13.1. The van der Waals surface area contributed by atoms with Crippen molar-refractivity contribution >= 4 is 21.4 Å². The maximum atomic E-state index is 13.1. The Morgan fingerprint density at radius 3 is 2.57 bits per heavy atom. The largest absolute Gasteiger partial charge is 0.497 e.